The largest absolute Gasteiger partial charge is 0.356 e. The number of piperidine rings is 1. The second-order valence-electron chi connectivity index (χ2n) is 7.80. The monoisotopic (exact) mass is 329 g/mol. The van der Waals surface area contributed by atoms with Crippen LogP contribution >= 0.6 is 0 Å². The van der Waals surface area contributed by atoms with Crippen molar-refractivity contribution in [3.05, 3.63) is 12.4 Å². The minimum Gasteiger partial charge on any atom is -0.356 e. The zero-order valence-electron chi connectivity index (χ0n) is 14.7. The van der Waals surface area contributed by atoms with Gasteiger partial charge in [0.1, 0.15) is 18.0 Å². The first kappa shape index (κ1) is 15.7. The van der Waals surface area contributed by atoms with E-state index in [9.17, 15) is 4.79 Å². The molecule has 1 aliphatic carbocycles. The van der Waals surface area contributed by atoms with Crippen LogP contribution in [-0.4, -0.2) is 60.5 Å². The summed E-state index contributed by atoms with van der Waals surface area (Å²) in [6.45, 7) is 6.60. The number of nitrogens with zero attached hydrogens (tertiary/aromatic N) is 5. The number of aromatic nitrogens is 2. The van der Waals surface area contributed by atoms with Crippen molar-refractivity contribution in [1.82, 2.24) is 14.9 Å². The van der Waals surface area contributed by atoms with E-state index in [2.05, 4.69) is 32.8 Å². The molecule has 0 N–H and O–H groups in total. The van der Waals surface area contributed by atoms with Gasteiger partial charge in [-0.15, -0.1) is 0 Å². The topological polar surface area (TPSA) is 52.6 Å². The van der Waals surface area contributed by atoms with Crippen LogP contribution in [0, 0.1) is 11.3 Å². The lowest BCUT2D eigenvalue weighted by molar-refractivity contribution is -0.129. The minimum absolute atomic E-state index is 0.154. The molecular weight excluding hydrogens is 302 g/mol. The highest BCUT2D eigenvalue weighted by Crippen LogP contribution is 2.51. The van der Waals surface area contributed by atoms with Crippen LogP contribution in [0.4, 0.5) is 11.6 Å². The first-order chi connectivity index (χ1) is 11.6. The molecule has 1 atom stereocenters. The van der Waals surface area contributed by atoms with E-state index in [-0.39, 0.29) is 5.91 Å². The van der Waals surface area contributed by atoms with Crippen molar-refractivity contribution < 1.29 is 4.79 Å². The quantitative estimate of drug-likeness (QED) is 0.828. The van der Waals surface area contributed by atoms with Crippen molar-refractivity contribution in [3.8, 4) is 0 Å². The molecule has 1 unspecified atom stereocenters. The SMILES string of the molecule is CC1CCN(c2cc(N3CCN(C)C(=O)C3)ncn2)CC12CCC2. The molecule has 1 aromatic heterocycles. The van der Waals surface area contributed by atoms with E-state index in [1.54, 1.807) is 11.2 Å². The average Bonchev–Trinajstić information content (AvgIpc) is 2.56. The van der Waals surface area contributed by atoms with Crippen LogP contribution < -0.4 is 9.80 Å². The lowest BCUT2D eigenvalue weighted by atomic mass is 9.59. The molecule has 4 rings (SSSR count). The number of carbonyl (C=O) groups is 1. The zero-order valence-corrected chi connectivity index (χ0v) is 14.7. The molecule has 3 heterocycles. The average molecular weight is 329 g/mol. The number of carbonyl (C=O) groups excluding carboxylic acids is 1. The van der Waals surface area contributed by atoms with E-state index < -0.39 is 0 Å². The minimum atomic E-state index is 0.154. The molecule has 24 heavy (non-hydrogen) atoms. The van der Waals surface area contributed by atoms with Crippen molar-refractivity contribution in [2.75, 3.05) is 49.6 Å². The van der Waals surface area contributed by atoms with Crippen LogP contribution in [0.15, 0.2) is 12.4 Å². The van der Waals surface area contributed by atoms with E-state index in [1.165, 1.54) is 25.7 Å². The number of piperazine rings is 1. The molecule has 2 aliphatic heterocycles. The summed E-state index contributed by atoms with van der Waals surface area (Å²) in [7, 11) is 1.86. The van der Waals surface area contributed by atoms with Crippen LogP contribution in [0.1, 0.15) is 32.6 Å². The van der Waals surface area contributed by atoms with Crippen LogP contribution in [0.2, 0.25) is 0 Å². The highest BCUT2D eigenvalue weighted by Gasteiger charge is 2.45. The third-order valence-electron chi connectivity index (χ3n) is 6.48. The van der Waals surface area contributed by atoms with Crippen molar-refractivity contribution in [3.63, 3.8) is 0 Å². The molecule has 0 radical (unpaired) electrons. The first-order valence-electron chi connectivity index (χ1n) is 9.13. The van der Waals surface area contributed by atoms with Gasteiger partial charge in [0.05, 0.1) is 6.54 Å². The standard InChI is InChI=1S/C18H27N5O/c1-14-4-7-23(12-18(14)5-3-6-18)16-10-15(19-13-20-16)22-9-8-21(2)17(24)11-22/h10,13-14H,3-9,11-12H2,1-2H3. The summed E-state index contributed by atoms with van der Waals surface area (Å²) < 4.78 is 0. The smallest absolute Gasteiger partial charge is 0.241 e. The van der Waals surface area contributed by atoms with E-state index in [0.29, 0.717) is 12.0 Å². The molecule has 1 saturated carbocycles. The predicted molar refractivity (Wildman–Crippen MR) is 94.2 cm³/mol. The predicted octanol–water partition coefficient (Wildman–Crippen LogP) is 1.77. The van der Waals surface area contributed by atoms with Crippen molar-refractivity contribution in [2.24, 2.45) is 11.3 Å². The van der Waals surface area contributed by atoms with Crippen LogP contribution in [0.25, 0.3) is 0 Å². The number of anilines is 2. The fourth-order valence-corrected chi connectivity index (χ4v) is 4.39. The Hall–Kier alpha value is -1.85. The molecule has 3 fully saturated rings. The highest BCUT2D eigenvalue weighted by molar-refractivity contribution is 5.82. The van der Waals surface area contributed by atoms with E-state index in [4.69, 9.17) is 0 Å². The van der Waals surface area contributed by atoms with E-state index >= 15 is 0 Å². The molecule has 0 aromatic carbocycles. The van der Waals surface area contributed by atoms with Crippen LogP contribution in [-0.2, 0) is 4.79 Å². The number of hydrogen-bond acceptors (Lipinski definition) is 5. The van der Waals surface area contributed by atoms with Crippen molar-refractivity contribution in [2.45, 2.75) is 32.6 Å². The summed E-state index contributed by atoms with van der Waals surface area (Å²) in [4.78, 5) is 27.2. The van der Waals surface area contributed by atoms with Gasteiger partial charge in [0.15, 0.2) is 0 Å². The maximum Gasteiger partial charge on any atom is 0.241 e. The Labute approximate surface area is 143 Å². The fraction of sp³-hybridized carbons (Fsp3) is 0.722. The Kier molecular flexibility index (Phi) is 3.85. The second kappa shape index (κ2) is 5.90. The molecule has 3 aliphatic rings. The maximum absolute atomic E-state index is 12.0. The molecule has 6 nitrogen and oxygen atoms in total. The summed E-state index contributed by atoms with van der Waals surface area (Å²) in [6.07, 6.45) is 6.98. The van der Waals surface area contributed by atoms with E-state index in [0.717, 1.165) is 43.7 Å². The molecule has 0 bridgehead atoms. The molecule has 2 saturated heterocycles. The highest BCUT2D eigenvalue weighted by atomic mass is 16.2. The van der Waals surface area contributed by atoms with Gasteiger partial charge in [-0.2, -0.15) is 0 Å². The van der Waals surface area contributed by atoms with Gasteiger partial charge in [0.2, 0.25) is 5.91 Å². The number of hydrogen-bond donors (Lipinski definition) is 0. The number of amides is 1. The number of likely N-dealkylation sites (N-methyl/N-ethyl adjacent to an activating group) is 1. The van der Waals surface area contributed by atoms with Gasteiger partial charge in [-0.1, -0.05) is 13.3 Å². The summed E-state index contributed by atoms with van der Waals surface area (Å²) in [6, 6.07) is 2.07. The van der Waals surface area contributed by atoms with Crippen molar-refractivity contribution in [1.29, 1.82) is 0 Å². The second-order valence-corrected chi connectivity index (χ2v) is 7.80. The lowest BCUT2D eigenvalue weighted by Gasteiger charge is -2.53. The Bertz CT molecular complexity index is 630. The molecule has 1 aromatic rings. The molecule has 130 valence electrons. The summed E-state index contributed by atoms with van der Waals surface area (Å²) >= 11 is 0. The Morgan fingerprint density at radius 1 is 1.12 bits per heavy atom. The van der Waals surface area contributed by atoms with Crippen LogP contribution in [0.3, 0.4) is 0 Å². The molecule has 6 heteroatoms. The van der Waals surface area contributed by atoms with E-state index in [1.807, 2.05) is 7.05 Å². The Balaban J connectivity index is 1.51. The van der Waals surface area contributed by atoms with Gasteiger partial charge < -0.3 is 14.7 Å². The van der Waals surface area contributed by atoms with Gasteiger partial charge >= 0.3 is 0 Å². The third kappa shape index (κ3) is 2.62. The number of rotatable bonds is 2. The molecule has 1 spiro atoms. The normalized spacial score (nSPS) is 26.7. The van der Waals surface area contributed by atoms with Gasteiger partial charge in [0, 0.05) is 39.3 Å². The first-order valence-corrected chi connectivity index (χ1v) is 9.13. The summed E-state index contributed by atoms with van der Waals surface area (Å²) in [5, 5.41) is 0. The Morgan fingerprint density at radius 3 is 2.54 bits per heavy atom. The third-order valence-corrected chi connectivity index (χ3v) is 6.48. The van der Waals surface area contributed by atoms with Gasteiger partial charge in [-0.3, -0.25) is 4.79 Å². The van der Waals surface area contributed by atoms with Gasteiger partial charge in [-0.25, -0.2) is 9.97 Å². The van der Waals surface area contributed by atoms with Gasteiger partial charge in [-0.05, 0) is 30.6 Å². The maximum atomic E-state index is 12.0. The molecule has 1 amide bonds. The van der Waals surface area contributed by atoms with Crippen molar-refractivity contribution >= 4 is 17.5 Å². The molecular formula is C18H27N5O. The summed E-state index contributed by atoms with van der Waals surface area (Å²) in [5.41, 5.74) is 0.507. The van der Waals surface area contributed by atoms with Gasteiger partial charge in [0.25, 0.3) is 0 Å². The lowest BCUT2D eigenvalue weighted by Crippen LogP contribution is -2.52. The zero-order chi connectivity index (χ0) is 16.7. The summed E-state index contributed by atoms with van der Waals surface area (Å²) in [5.74, 6) is 2.87. The fourth-order valence-electron chi connectivity index (χ4n) is 4.39. The Morgan fingerprint density at radius 2 is 1.88 bits per heavy atom. The van der Waals surface area contributed by atoms with Crippen LogP contribution in [0.5, 0.6) is 0 Å².